The number of carbonyl (C=O) groups excluding carboxylic acids is 3. The lowest BCUT2D eigenvalue weighted by molar-refractivity contribution is -0.147. The molecule has 2 amide bonds. The average molecular weight is 507 g/mol. The van der Waals surface area contributed by atoms with Gasteiger partial charge in [-0.2, -0.15) is 0 Å². The number of benzene rings is 3. The highest BCUT2D eigenvalue weighted by Crippen LogP contribution is 2.29. The predicted molar refractivity (Wildman–Crippen MR) is 139 cm³/mol. The summed E-state index contributed by atoms with van der Waals surface area (Å²) in [5, 5.41) is 5.32. The summed E-state index contributed by atoms with van der Waals surface area (Å²) in [7, 11) is 2.98. The SMILES string of the molecule is COc1ccc(NC(=O)COC(=O)CCC(=O)Nc2ccc(Oc3ccc(C)c(C)c3)cc2)c(OC)c1. The molecule has 3 aromatic rings. The Morgan fingerprint density at radius 1 is 0.703 bits per heavy atom. The van der Waals surface area contributed by atoms with Crippen LogP contribution in [0.25, 0.3) is 0 Å². The quantitative estimate of drug-likeness (QED) is 0.352. The van der Waals surface area contributed by atoms with Crippen molar-refractivity contribution >= 4 is 29.2 Å². The zero-order valence-corrected chi connectivity index (χ0v) is 21.3. The molecule has 9 nitrogen and oxygen atoms in total. The van der Waals surface area contributed by atoms with Crippen LogP contribution in [-0.2, 0) is 19.1 Å². The third-order valence-corrected chi connectivity index (χ3v) is 5.46. The van der Waals surface area contributed by atoms with E-state index >= 15 is 0 Å². The normalized spacial score (nSPS) is 10.3. The molecule has 194 valence electrons. The van der Waals surface area contributed by atoms with E-state index in [1.54, 1.807) is 42.5 Å². The summed E-state index contributed by atoms with van der Waals surface area (Å²) in [5.74, 6) is 0.785. The molecule has 0 atom stereocenters. The second-order valence-corrected chi connectivity index (χ2v) is 8.20. The highest BCUT2D eigenvalue weighted by Gasteiger charge is 2.13. The second-order valence-electron chi connectivity index (χ2n) is 8.20. The predicted octanol–water partition coefficient (Wildman–Crippen LogP) is 5.01. The van der Waals surface area contributed by atoms with Gasteiger partial charge in [-0.05, 0) is 73.5 Å². The molecule has 37 heavy (non-hydrogen) atoms. The number of carbonyl (C=O) groups is 3. The van der Waals surface area contributed by atoms with Gasteiger partial charge in [0.05, 0.1) is 26.3 Å². The van der Waals surface area contributed by atoms with Crippen molar-refractivity contribution < 1.29 is 33.3 Å². The number of rotatable bonds is 11. The first-order valence-electron chi connectivity index (χ1n) is 11.6. The average Bonchev–Trinajstić information content (AvgIpc) is 2.89. The summed E-state index contributed by atoms with van der Waals surface area (Å²) < 4.78 is 21.1. The van der Waals surface area contributed by atoms with Crippen molar-refractivity contribution in [1.82, 2.24) is 0 Å². The number of anilines is 2. The Morgan fingerprint density at radius 3 is 2.08 bits per heavy atom. The maximum atomic E-state index is 12.2. The number of hydrogen-bond acceptors (Lipinski definition) is 7. The first-order valence-corrected chi connectivity index (χ1v) is 11.6. The molecule has 9 heteroatoms. The zero-order valence-electron chi connectivity index (χ0n) is 21.3. The molecular formula is C28H30N2O7. The van der Waals surface area contributed by atoms with Gasteiger partial charge in [0, 0.05) is 18.2 Å². The van der Waals surface area contributed by atoms with Crippen LogP contribution >= 0.6 is 0 Å². The summed E-state index contributed by atoms with van der Waals surface area (Å²) in [4.78, 5) is 36.3. The summed E-state index contributed by atoms with van der Waals surface area (Å²) in [6.45, 7) is 3.57. The highest BCUT2D eigenvalue weighted by molar-refractivity contribution is 5.95. The fourth-order valence-corrected chi connectivity index (χ4v) is 3.27. The van der Waals surface area contributed by atoms with Crippen molar-refractivity contribution in [3.8, 4) is 23.0 Å². The standard InChI is InChI=1S/C28H30N2O7/c1-18-5-8-23(15-19(18)2)37-21-9-6-20(7-10-21)29-26(31)13-14-28(33)36-17-27(32)30-24-12-11-22(34-3)16-25(24)35-4/h5-12,15-16H,13-14,17H2,1-4H3,(H,29,31)(H,30,32). The van der Waals surface area contributed by atoms with Crippen LogP contribution in [0.15, 0.2) is 60.7 Å². The van der Waals surface area contributed by atoms with E-state index in [1.165, 1.54) is 19.8 Å². The van der Waals surface area contributed by atoms with Crippen LogP contribution in [0.3, 0.4) is 0 Å². The van der Waals surface area contributed by atoms with Crippen LogP contribution in [-0.4, -0.2) is 38.6 Å². The van der Waals surface area contributed by atoms with Gasteiger partial charge in [-0.1, -0.05) is 6.07 Å². The molecule has 3 aromatic carbocycles. The van der Waals surface area contributed by atoms with Crippen molar-refractivity contribution in [2.45, 2.75) is 26.7 Å². The lowest BCUT2D eigenvalue weighted by atomic mass is 10.1. The molecule has 0 aliphatic rings. The van der Waals surface area contributed by atoms with E-state index in [-0.39, 0.29) is 18.7 Å². The van der Waals surface area contributed by atoms with Gasteiger partial charge in [-0.15, -0.1) is 0 Å². The summed E-state index contributed by atoms with van der Waals surface area (Å²) in [6, 6.07) is 17.7. The molecule has 0 saturated carbocycles. The Kier molecular flexibility index (Phi) is 9.48. The van der Waals surface area contributed by atoms with E-state index in [9.17, 15) is 14.4 Å². The fourth-order valence-electron chi connectivity index (χ4n) is 3.27. The maximum absolute atomic E-state index is 12.2. The lowest BCUT2D eigenvalue weighted by Gasteiger charge is -2.12. The number of amides is 2. The van der Waals surface area contributed by atoms with E-state index in [0.717, 1.165) is 11.3 Å². The monoisotopic (exact) mass is 506 g/mol. The zero-order chi connectivity index (χ0) is 26.8. The summed E-state index contributed by atoms with van der Waals surface area (Å²) in [6.07, 6.45) is -0.257. The molecule has 0 fully saturated rings. The Bertz CT molecular complexity index is 1260. The van der Waals surface area contributed by atoms with E-state index in [4.69, 9.17) is 18.9 Å². The molecule has 3 rings (SSSR count). The van der Waals surface area contributed by atoms with Crippen molar-refractivity contribution in [1.29, 1.82) is 0 Å². The number of hydrogen-bond donors (Lipinski definition) is 2. The maximum Gasteiger partial charge on any atom is 0.306 e. The van der Waals surface area contributed by atoms with Crippen LogP contribution in [0.2, 0.25) is 0 Å². The number of methoxy groups -OCH3 is 2. The number of aryl methyl sites for hydroxylation is 2. The molecule has 0 aliphatic carbocycles. The minimum absolute atomic E-state index is 0.0896. The number of nitrogens with one attached hydrogen (secondary N) is 2. The van der Waals surface area contributed by atoms with E-state index in [0.29, 0.717) is 28.6 Å². The third kappa shape index (κ3) is 8.28. The lowest BCUT2D eigenvalue weighted by Crippen LogP contribution is -2.22. The highest BCUT2D eigenvalue weighted by atomic mass is 16.5. The molecule has 0 spiro atoms. The Morgan fingerprint density at radius 2 is 1.41 bits per heavy atom. The van der Waals surface area contributed by atoms with Crippen LogP contribution in [0, 0.1) is 13.8 Å². The molecule has 0 aliphatic heterocycles. The minimum Gasteiger partial charge on any atom is -0.497 e. The van der Waals surface area contributed by atoms with Gasteiger partial charge in [-0.25, -0.2) is 0 Å². The van der Waals surface area contributed by atoms with Crippen LogP contribution in [0.1, 0.15) is 24.0 Å². The molecule has 0 radical (unpaired) electrons. The second kappa shape index (κ2) is 13.0. The van der Waals surface area contributed by atoms with Gasteiger partial charge < -0.3 is 29.6 Å². The third-order valence-electron chi connectivity index (χ3n) is 5.46. The minimum atomic E-state index is -0.663. The molecular weight excluding hydrogens is 476 g/mol. The van der Waals surface area contributed by atoms with Crippen molar-refractivity contribution in [3.05, 3.63) is 71.8 Å². The van der Waals surface area contributed by atoms with Crippen LogP contribution < -0.4 is 24.8 Å². The Balaban J connectivity index is 1.39. The van der Waals surface area contributed by atoms with E-state index in [2.05, 4.69) is 10.6 Å². The van der Waals surface area contributed by atoms with Gasteiger partial charge in [0.25, 0.3) is 5.91 Å². The largest absolute Gasteiger partial charge is 0.497 e. The van der Waals surface area contributed by atoms with Crippen LogP contribution in [0.5, 0.6) is 23.0 Å². The molecule has 0 aromatic heterocycles. The molecule has 0 unspecified atom stereocenters. The first-order chi connectivity index (χ1) is 17.8. The van der Waals surface area contributed by atoms with Gasteiger partial charge in [0.15, 0.2) is 6.61 Å². The van der Waals surface area contributed by atoms with Gasteiger partial charge in [-0.3, -0.25) is 14.4 Å². The first kappa shape index (κ1) is 27.1. The van der Waals surface area contributed by atoms with Gasteiger partial charge in [0.2, 0.25) is 5.91 Å². The van der Waals surface area contributed by atoms with Crippen LogP contribution in [0.4, 0.5) is 11.4 Å². The smallest absolute Gasteiger partial charge is 0.306 e. The fraction of sp³-hybridized carbons (Fsp3) is 0.250. The summed E-state index contributed by atoms with van der Waals surface area (Å²) >= 11 is 0. The van der Waals surface area contributed by atoms with Gasteiger partial charge >= 0.3 is 5.97 Å². The van der Waals surface area contributed by atoms with Crippen molar-refractivity contribution in [3.63, 3.8) is 0 Å². The molecule has 2 N–H and O–H groups in total. The Labute approximate surface area is 215 Å². The van der Waals surface area contributed by atoms with Crippen molar-refractivity contribution in [2.24, 2.45) is 0 Å². The molecule has 0 saturated heterocycles. The van der Waals surface area contributed by atoms with Gasteiger partial charge in [0.1, 0.15) is 23.0 Å². The number of ether oxygens (including phenoxy) is 4. The van der Waals surface area contributed by atoms with E-state index in [1.807, 2.05) is 32.0 Å². The number of esters is 1. The topological polar surface area (TPSA) is 112 Å². The van der Waals surface area contributed by atoms with E-state index < -0.39 is 18.5 Å². The Hall–Kier alpha value is -4.53. The summed E-state index contributed by atoms with van der Waals surface area (Å²) in [5.41, 5.74) is 3.30. The molecule has 0 bridgehead atoms. The molecule has 0 heterocycles. The van der Waals surface area contributed by atoms with Crippen molar-refractivity contribution in [2.75, 3.05) is 31.5 Å².